The highest BCUT2D eigenvalue weighted by Crippen LogP contribution is 2.16. The zero-order chi connectivity index (χ0) is 22.6. The fourth-order valence-corrected chi connectivity index (χ4v) is 2.79. The number of guanidine groups is 1. The molecule has 2 aromatic carbocycles. The fraction of sp³-hybridized carbons (Fsp3) is 0.364. The molecule has 0 atom stereocenters. The van der Waals surface area contributed by atoms with Crippen molar-refractivity contribution in [2.45, 2.75) is 20.1 Å². The number of methoxy groups -OCH3 is 1. The molecule has 0 unspecified atom stereocenters. The van der Waals surface area contributed by atoms with Crippen molar-refractivity contribution in [3.63, 3.8) is 0 Å². The van der Waals surface area contributed by atoms with Gasteiger partial charge >= 0.3 is 6.61 Å². The number of benzene rings is 2. The fourth-order valence-electron chi connectivity index (χ4n) is 2.79. The van der Waals surface area contributed by atoms with Gasteiger partial charge in [-0.05, 0) is 42.8 Å². The van der Waals surface area contributed by atoms with Crippen LogP contribution in [-0.4, -0.2) is 57.2 Å². The number of rotatable bonds is 10. The molecule has 2 rings (SSSR count). The minimum Gasteiger partial charge on any atom is -0.497 e. The van der Waals surface area contributed by atoms with Crippen molar-refractivity contribution in [3.8, 4) is 11.5 Å². The Bertz CT molecular complexity index is 867. The summed E-state index contributed by atoms with van der Waals surface area (Å²) in [6, 6.07) is 13.4. The average molecular weight is 562 g/mol. The van der Waals surface area contributed by atoms with E-state index in [4.69, 9.17) is 4.74 Å². The molecular formula is C22H29F2IN4O3. The first-order valence-corrected chi connectivity index (χ1v) is 9.88. The van der Waals surface area contributed by atoms with E-state index in [2.05, 4.69) is 20.4 Å². The third kappa shape index (κ3) is 9.25. The van der Waals surface area contributed by atoms with Crippen LogP contribution in [0.5, 0.6) is 11.5 Å². The summed E-state index contributed by atoms with van der Waals surface area (Å²) in [7, 11) is 3.43. The highest BCUT2D eigenvalue weighted by molar-refractivity contribution is 14.0. The third-order valence-electron chi connectivity index (χ3n) is 4.26. The molecule has 0 aromatic heterocycles. The van der Waals surface area contributed by atoms with Gasteiger partial charge < -0.3 is 25.0 Å². The number of halogens is 3. The van der Waals surface area contributed by atoms with Gasteiger partial charge in [-0.2, -0.15) is 8.78 Å². The molecule has 7 nitrogen and oxygen atoms in total. The van der Waals surface area contributed by atoms with Crippen LogP contribution < -0.4 is 20.1 Å². The summed E-state index contributed by atoms with van der Waals surface area (Å²) in [5.74, 6) is 1.22. The molecule has 0 bridgehead atoms. The predicted molar refractivity (Wildman–Crippen MR) is 131 cm³/mol. The maximum absolute atomic E-state index is 12.3. The van der Waals surface area contributed by atoms with Crippen LogP contribution in [0.1, 0.15) is 22.8 Å². The molecule has 0 saturated carbocycles. The Balaban J connectivity index is 0.00000512. The van der Waals surface area contributed by atoms with Gasteiger partial charge in [0.25, 0.3) is 5.91 Å². The van der Waals surface area contributed by atoms with Crippen LogP contribution in [0.25, 0.3) is 0 Å². The summed E-state index contributed by atoms with van der Waals surface area (Å²) in [6.07, 6.45) is 0. The molecule has 1 amide bonds. The van der Waals surface area contributed by atoms with Gasteiger partial charge in [0.05, 0.1) is 13.7 Å². The number of hydrogen-bond acceptors (Lipinski definition) is 4. The van der Waals surface area contributed by atoms with E-state index in [1.165, 1.54) is 12.1 Å². The van der Waals surface area contributed by atoms with E-state index in [-0.39, 0.29) is 35.6 Å². The quantitative estimate of drug-likeness (QED) is 0.200. The van der Waals surface area contributed by atoms with Gasteiger partial charge in [-0.1, -0.05) is 18.2 Å². The maximum Gasteiger partial charge on any atom is 0.387 e. The second-order valence-corrected chi connectivity index (χ2v) is 6.60. The Labute approximate surface area is 204 Å². The molecule has 0 fully saturated rings. The summed E-state index contributed by atoms with van der Waals surface area (Å²) in [6.45, 7) is 1.09. The first-order chi connectivity index (χ1) is 14.9. The van der Waals surface area contributed by atoms with E-state index < -0.39 is 6.61 Å². The number of alkyl halides is 2. The number of hydrogen-bond donors (Lipinski definition) is 2. The van der Waals surface area contributed by atoms with Crippen LogP contribution in [0, 0.1) is 0 Å². The van der Waals surface area contributed by atoms with Gasteiger partial charge in [-0.15, -0.1) is 24.0 Å². The van der Waals surface area contributed by atoms with Crippen molar-refractivity contribution in [1.82, 2.24) is 15.5 Å². The first kappa shape index (κ1) is 27.4. The molecule has 176 valence electrons. The number of aliphatic imine (C=N–C) groups is 1. The van der Waals surface area contributed by atoms with Crippen molar-refractivity contribution in [2.75, 3.05) is 33.8 Å². The van der Waals surface area contributed by atoms with Gasteiger partial charge in [-0.3, -0.25) is 9.79 Å². The minimum absolute atomic E-state index is 0. The second-order valence-electron chi connectivity index (χ2n) is 6.60. The van der Waals surface area contributed by atoms with Gasteiger partial charge in [0.1, 0.15) is 11.5 Å². The second kappa shape index (κ2) is 14.4. The Kier molecular flexibility index (Phi) is 12.4. The lowest BCUT2D eigenvalue weighted by Gasteiger charge is -2.22. The number of nitrogens with zero attached hydrogens (tertiary/aromatic N) is 2. The summed E-state index contributed by atoms with van der Waals surface area (Å²) < 4.78 is 34.0. The first-order valence-electron chi connectivity index (χ1n) is 9.88. The normalized spacial score (nSPS) is 10.9. The number of carbonyl (C=O) groups is 1. The van der Waals surface area contributed by atoms with Crippen LogP contribution >= 0.6 is 24.0 Å². The van der Waals surface area contributed by atoms with E-state index >= 15 is 0 Å². The highest BCUT2D eigenvalue weighted by Gasteiger charge is 2.09. The summed E-state index contributed by atoms with van der Waals surface area (Å²) in [5.41, 5.74) is 1.44. The topological polar surface area (TPSA) is 75.2 Å². The maximum atomic E-state index is 12.3. The largest absolute Gasteiger partial charge is 0.497 e. The van der Waals surface area contributed by atoms with Crippen molar-refractivity contribution in [2.24, 2.45) is 4.99 Å². The monoisotopic (exact) mass is 562 g/mol. The van der Waals surface area contributed by atoms with Gasteiger partial charge in [0.2, 0.25) is 0 Å². The lowest BCUT2D eigenvalue weighted by Crippen LogP contribution is -2.39. The van der Waals surface area contributed by atoms with Crippen molar-refractivity contribution in [3.05, 3.63) is 59.7 Å². The zero-order valence-corrected chi connectivity index (χ0v) is 20.6. The highest BCUT2D eigenvalue weighted by atomic mass is 127. The average Bonchev–Trinajstić information content (AvgIpc) is 2.76. The molecule has 0 heterocycles. The molecule has 0 aliphatic rings. The molecule has 32 heavy (non-hydrogen) atoms. The molecule has 0 aliphatic heterocycles. The number of amides is 1. The Morgan fingerprint density at radius 1 is 1.12 bits per heavy atom. The van der Waals surface area contributed by atoms with Gasteiger partial charge in [0.15, 0.2) is 5.96 Å². The van der Waals surface area contributed by atoms with Gasteiger partial charge in [0, 0.05) is 32.2 Å². The Hall–Kier alpha value is -2.63. The van der Waals surface area contributed by atoms with Crippen LogP contribution in [0.15, 0.2) is 53.5 Å². The number of carbonyl (C=O) groups excluding carboxylic acids is 1. The summed E-state index contributed by atoms with van der Waals surface area (Å²) >= 11 is 0. The SMILES string of the molecule is CCNC(=NCCNC(=O)c1cccc(OC)c1)N(C)Cc1ccc(OC(F)F)cc1.I. The molecule has 2 N–H and O–H groups in total. The van der Waals surface area contributed by atoms with E-state index in [0.29, 0.717) is 43.5 Å². The van der Waals surface area contributed by atoms with Crippen molar-refractivity contribution >= 4 is 35.8 Å². The third-order valence-corrected chi connectivity index (χ3v) is 4.26. The van der Waals surface area contributed by atoms with Crippen LogP contribution in [0.4, 0.5) is 8.78 Å². The zero-order valence-electron chi connectivity index (χ0n) is 18.3. The standard InChI is InChI=1S/C22H28F2N4O3.HI/c1-4-25-22(28(2)15-16-8-10-18(11-9-16)31-21(23)24)27-13-12-26-20(29)17-6-5-7-19(14-17)30-3;/h5-11,14,21H,4,12-13,15H2,1-3H3,(H,25,27)(H,26,29);1H. The van der Waals surface area contributed by atoms with Crippen LogP contribution in [0.2, 0.25) is 0 Å². The molecule has 10 heteroatoms. The molecule has 0 saturated heterocycles. The molecule has 0 radical (unpaired) electrons. The lowest BCUT2D eigenvalue weighted by molar-refractivity contribution is -0.0498. The summed E-state index contributed by atoms with van der Waals surface area (Å²) in [4.78, 5) is 18.7. The van der Waals surface area contributed by atoms with Crippen LogP contribution in [0.3, 0.4) is 0 Å². The van der Waals surface area contributed by atoms with Crippen molar-refractivity contribution in [1.29, 1.82) is 0 Å². The Morgan fingerprint density at radius 2 is 1.84 bits per heavy atom. The van der Waals surface area contributed by atoms with E-state index in [0.717, 1.165) is 5.56 Å². The lowest BCUT2D eigenvalue weighted by atomic mass is 10.2. The van der Waals surface area contributed by atoms with Crippen molar-refractivity contribution < 1.29 is 23.0 Å². The summed E-state index contributed by atoms with van der Waals surface area (Å²) in [5, 5.41) is 6.03. The van der Waals surface area contributed by atoms with Crippen LogP contribution in [-0.2, 0) is 6.54 Å². The van der Waals surface area contributed by atoms with E-state index in [1.54, 1.807) is 43.5 Å². The van der Waals surface area contributed by atoms with E-state index in [1.807, 2.05) is 18.9 Å². The Morgan fingerprint density at radius 3 is 2.47 bits per heavy atom. The number of ether oxygens (including phenoxy) is 2. The minimum atomic E-state index is -2.84. The smallest absolute Gasteiger partial charge is 0.387 e. The van der Waals surface area contributed by atoms with Gasteiger partial charge in [-0.25, -0.2) is 0 Å². The number of nitrogens with one attached hydrogen (secondary N) is 2. The predicted octanol–water partition coefficient (Wildman–Crippen LogP) is 3.74. The van der Waals surface area contributed by atoms with E-state index in [9.17, 15) is 13.6 Å². The molecule has 0 aliphatic carbocycles. The molecular weight excluding hydrogens is 533 g/mol. The molecule has 2 aromatic rings. The molecule has 0 spiro atoms.